The third-order valence-corrected chi connectivity index (χ3v) is 5.24. The quantitative estimate of drug-likeness (QED) is 0.524. The molecule has 0 radical (unpaired) electrons. The van der Waals surface area contributed by atoms with Crippen molar-refractivity contribution in [2.45, 2.75) is 0 Å². The third-order valence-electron chi connectivity index (χ3n) is 5.24. The molecule has 4 aromatic rings. The molecule has 2 aromatic carbocycles. The number of pyridine rings is 1. The van der Waals surface area contributed by atoms with E-state index in [9.17, 15) is 8.78 Å². The van der Waals surface area contributed by atoms with Gasteiger partial charge in [-0.15, -0.1) is 0 Å². The van der Waals surface area contributed by atoms with Crippen LogP contribution in [0.25, 0.3) is 22.0 Å². The van der Waals surface area contributed by atoms with Gasteiger partial charge in [-0.05, 0) is 42.0 Å². The molecule has 1 saturated heterocycles. The smallest absolute Gasteiger partial charge is 0.149 e. The fourth-order valence-corrected chi connectivity index (χ4v) is 3.59. The second kappa shape index (κ2) is 8.23. The summed E-state index contributed by atoms with van der Waals surface area (Å²) in [5, 5.41) is 3.65. The number of hydrogen-bond acceptors (Lipinski definition) is 6. The standard InChI is InChI=1S/C23H19F2N5O/c24-17-3-5-20(19(25)12-17)29-23-18-4-1-15(11-21(18)27-14-28-23)16-2-6-22(26-13-16)30-7-9-31-10-8-30/h1-6,11-14H,7-10H2,(H,27,28,29). The van der Waals surface area contributed by atoms with Crippen LogP contribution in [-0.2, 0) is 4.74 Å². The summed E-state index contributed by atoms with van der Waals surface area (Å²) in [5.41, 5.74) is 2.78. The zero-order chi connectivity index (χ0) is 21.2. The van der Waals surface area contributed by atoms with Crippen molar-refractivity contribution in [3.05, 3.63) is 72.7 Å². The molecule has 1 fully saturated rings. The van der Waals surface area contributed by atoms with Crippen molar-refractivity contribution in [3.8, 4) is 11.1 Å². The molecule has 2 aromatic heterocycles. The summed E-state index contributed by atoms with van der Waals surface area (Å²) < 4.78 is 32.6. The van der Waals surface area contributed by atoms with Crippen molar-refractivity contribution in [3.63, 3.8) is 0 Å². The zero-order valence-corrected chi connectivity index (χ0v) is 16.6. The topological polar surface area (TPSA) is 63.2 Å². The Morgan fingerprint density at radius 2 is 1.71 bits per heavy atom. The minimum atomic E-state index is -0.685. The van der Waals surface area contributed by atoms with Gasteiger partial charge in [-0.1, -0.05) is 6.07 Å². The number of ether oxygens (including phenoxy) is 1. The monoisotopic (exact) mass is 419 g/mol. The summed E-state index contributed by atoms with van der Waals surface area (Å²) in [7, 11) is 0. The zero-order valence-electron chi connectivity index (χ0n) is 16.6. The molecule has 8 heteroatoms. The molecule has 0 spiro atoms. The van der Waals surface area contributed by atoms with Crippen LogP contribution in [0, 0.1) is 11.6 Å². The Hall–Kier alpha value is -3.65. The molecule has 5 rings (SSSR count). The highest BCUT2D eigenvalue weighted by Crippen LogP contribution is 2.29. The van der Waals surface area contributed by atoms with Crippen LogP contribution in [0.3, 0.4) is 0 Å². The summed E-state index contributed by atoms with van der Waals surface area (Å²) in [4.78, 5) is 15.4. The van der Waals surface area contributed by atoms with Crippen LogP contribution >= 0.6 is 0 Å². The largest absolute Gasteiger partial charge is 0.378 e. The van der Waals surface area contributed by atoms with E-state index in [1.807, 2.05) is 36.5 Å². The van der Waals surface area contributed by atoms with Gasteiger partial charge >= 0.3 is 0 Å². The maximum absolute atomic E-state index is 14.0. The van der Waals surface area contributed by atoms with Crippen LogP contribution < -0.4 is 10.2 Å². The van der Waals surface area contributed by atoms with Gasteiger partial charge in [-0.25, -0.2) is 23.7 Å². The second-order valence-corrected chi connectivity index (χ2v) is 7.21. The van der Waals surface area contributed by atoms with E-state index in [0.29, 0.717) is 24.5 Å². The molecule has 0 bridgehead atoms. The molecule has 0 aliphatic carbocycles. The highest BCUT2D eigenvalue weighted by molar-refractivity contribution is 5.93. The van der Waals surface area contributed by atoms with Crippen molar-refractivity contribution >= 4 is 28.2 Å². The molecular weight excluding hydrogens is 400 g/mol. The molecule has 1 aliphatic heterocycles. The molecule has 31 heavy (non-hydrogen) atoms. The van der Waals surface area contributed by atoms with Gasteiger partial charge in [-0.2, -0.15) is 0 Å². The summed E-state index contributed by atoms with van der Waals surface area (Å²) in [6.07, 6.45) is 3.26. The van der Waals surface area contributed by atoms with Gasteiger partial charge < -0.3 is 15.0 Å². The second-order valence-electron chi connectivity index (χ2n) is 7.21. The Morgan fingerprint density at radius 1 is 0.871 bits per heavy atom. The van der Waals surface area contributed by atoms with Gasteiger partial charge in [0, 0.05) is 36.3 Å². The lowest BCUT2D eigenvalue weighted by Gasteiger charge is -2.27. The molecule has 0 saturated carbocycles. The Bertz CT molecular complexity index is 1230. The van der Waals surface area contributed by atoms with E-state index in [1.165, 1.54) is 18.5 Å². The number of morpholine rings is 1. The number of benzene rings is 2. The van der Waals surface area contributed by atoms with Gasteiger partial charge in [-0.3, -0.25) is 0 Å². The summed E-state index contributed by atoms with van der Waals surface area (Å²) >= 11 is 0. The van der Waals surface area contributed by atoms with E-state index < -0.39 is 11.6 Å². The van der Waals surface area contributed by atoms with Crippen LogP contribution in [-0.4, -0.2) is 41.3 Å². The van der Waals surface area contributed by atoms with Crippen molar-refractivity contribution in [2.75, 3.05) is 36.5 Å². The van der Waals surface area contributed by atoms with Crippen LogP contribution in [0.5, 0.6) is 0 Å². The first-order chi connectivity index (χ1) is 15.2. The lowest BCUT2D eigenvalue weighted by atomic mass is 10.1. The van der Waals surface area contributed by atoms with Crippen molar-refractivity contribution in [1.29, 1.82) is 0 Å². The van der Waals surface area contributed by atoms with Crippen molar-refractivity contribution in [1.82, 2.24) is 15.0 Å². The maximum atomic E-state index is 14.0. The molecule has 0 atom stereocenters. The van der Waals surface area contributed by atoms with Gasteiger partial charge in [0.25, 0.3) is 0 Å². The van der Waals surface area contributed by atoms with Gasteiger partial charge in [0.1, 0.15) is 29.6 Å². The lowest BCUT2D eigenvalue weighted by molar-refractivity contribution is 0.122. The molecular formula is C23H19F2N5O. The molecule has 0 amide bonds. The first-order valence-corrected chi connectivity index (χ1v) is 9.93. The Morgan fingerprint density at radius 3 is 2.48 bits per heavy atom. The van der Waals surface area contributed by atoms with Gasteiger partial charge in [0.2, 0.25) is 0 Å². The molecule has 6 nitrogen and oxygen atoms in total. The Labute approximate surface area is 177 Å². The molecule has 1 N–H and O–H groups in total. The number of anilines is 3. The van der Waals surface area contributed by atoms with E-state index in [2.05, 4.69) is 25.2 Å². The molecule has 1 aliphatic rings. The van der Waals surface area contributed by atoms with Crippen molar-refractivity contribution < 1.29 is 13.5 Å². The third kappa shape index (κ3) is 4.02. The number of nitrogens with zero attached hydrogens (tertiary/aromatic N) is 4. The first-order valence-electron chi connectivity index (χ1n) is 9.93. The number of fused-ring (bicyclic) bond motifs is 1. The average molecular weight is 419 g/mol. The maximum Gasteiger partial charge on any atom is 0.149 e. The normalized spacial score (nSPS) is 14.1. The Balaban J connectivity index is 1.43. The number of halogens is 2. The minimum Gasteiger partial charge on any atom is -0.378 e. The lowest BCUT2D eigenvalue weighted by Crippen LogP contribution is -2.36. The van der Waals surface area contributed by atoms with E-state index in [4.69, 9.17) is 4.74 Å². The first kappa shape index (κ1) is 19.3. The summed E-state index contributed by atoms with van der Waals surface area (Å²) in [5.74, 6) is 0.0640. The van der Waals surface area contributed by atoms with Crippen LogP contribution in [0.15, 0.2) is 61.1 Å². The van der Waals surface area contributed by atoms with E-state index in [-0.39, 0.29) is 5.69 Å². The predicted molar refractivity (Wildman–Crippen MR) is 115 cm³/mol. The number of nitrogens with one attached hydrogen (secondary N) is 1. The fourth-order valence-electron chi connectivity index (χ4n) is 3.59. The molecule has 0 unspecified atom stereocenters. The summed E-state index contributed by atoms with van der Waals surface area (Å²) in [6.45, 7) is 3.10. The predicted octanol–water partition coefficient (Wildman–Crippen LogP) is 4.55. The van der Waals surface area contributed by atoms with E-state index >= 15 is 0 Å². The fraction of sp³-hybridized carbons (Fsp3) is 0.174. The summed E-state index contributed by atoms with van der Waals surface area (Å²) in [6, 6.07) is 13.2. The van der Waals surface area contributed by atoms with E-state index in [0.717, 1.165) is 41.5 Å². The number of rotatable bonds is 4. The average Bonchev–Trinajstić information content (AvgIpc) is 2.81. The number of aromatic nitrogens is 3. The van der Waals surface area contributed by atoms with Crippen LogP contribution in [0.2, 0.25) is 0 Å². The molecule has 3 heterocycles. The number of hydrogen-bond donors (Lipinski definition) is 1. The van der Waals surface area contributed by atoms with E-state index in [1.54, 1.807) is 0 Å². The highest BCUT2D eigenvalue weighted by Gasteiger charge is 2.13. The highest BCUT2D eigenvalue weighted by atomic mass is 19.1. The minimum absolute atomic E-state index is 0.147. The van der Waals surface area contributed by atoms with Crippen LogP contribution in [0.1, 0.15) is 0 Å². The van der Waals surface area contributed by atoms with Gasteiger partial charge in [0.05, 0.1) is 24.4 Å². The Kier molecular flexibility index (Phi) is 5.13. The van der Waals surface area contributed by atoms with Crippen LogP contribution in [0.4, 0.5) is 26.1 Å². The van der Waals surface area contributed by atoms with Gasteiger partial charge in [0.15, 0.2) is 0 Å². The molecule has 156 valence electrons. The van der Waals surface area contributed by atoms with Crippen molar-refractivity contribution in [2.24, 2.45) is 0 Å². The SMILES string of the molecule is Fc1ccc(Nc2ncnc3cc(-c4ccc(N5CCOCC5)nc4)ccc23)c(F)c1.